The van der Waals surface area contributed by atoms with Crippen molar-refractivity contribution in [3.63, 3.8) is 0 Å². The molecule has 0 aliphatic heterocycles. The summed E-state index contributed by atoms with van der Waals surface area (Å²) in [5.41, 5.74) is 0.739. The van der Waals surface area contributed by atoms with E-state index in [-0.39, 0.29) is 43.1 Å². The van der Waals surface area contributed by atoms with Gasteiger partial charge in [-0.1, -0.05) is 13.0 Å². The molecule has 1 rings (SSSR count). The average molecular weight is 389 g/mol. The predicted molar refractivity (Wildman–Crippen MR) is 106 cm³/mol. The first-order valence-corrected chi connectivity index (χ1v) is 8.82. The molecule has 0 saturated heterocycles. The van der Waals surface area contributed by atoms with Crippen LogP contribution in [0.5, 0.6) is 11.5 Å². The quantitative estimate of drug-likeness (QED) is 0.574. The number of benzene rings is 1. The molecule has 0 radical (unpaired) electrons. The lowest BCUT2D eigenvalue weighted by Crippen LogP contribution is -2.43. The van der Waals surface area contributed by atoms with E-state index in [2.05, 4.69) is 10.6 Å². The van der Waals surface area contributed by atoms with Gasteiger partial charge in [-0.05, 0) is 51.8 Å². The number of halogens is 1. The van der Waals surface area contributed by atoms with E-state index in [1.807, 2.05) is 52.8 Å². The van der Waals surface area contributed by atoms with E-state index in [0.29, 0.717) is 24.7 Å². The van der Waals surface area contributed by atoms with Crippen molar-refractivity contribution in [3.05, 3.63) is 23.8 Å². The van der Waals surface area contributed by atoms with E-state index >= 15 is 0 Å². The minimum Gasteiger partial charge on any atom is -0.490 e. The Hall–Kier alpha value is -1.50. The summed E-state index contributed by atoms with van der Waals surface area (Å²) < 4.78 is 11.3. The average Bonchev–Trinajstić information content (AvgIpc) is 2.53. The van der Waals surface area contributed by atoms with Crippen LogP contribution < -0.4 is 20.1 Å². The first-order valence-electron chi connectivity index (χ1n) is 8.82. The van der Waals surface area contributed by atoms with Crippen LogP contribution in [0.3, 0.4) is 0 Å². The molecule has 1 aromatic rings. The van der Waals surface area contributed by atoms with E-state index in [4.69, 9.17) is 9.47 Å². The molecule has 150 valence electrons. The van der Waals surface area contributed by atoms with E-state index in [0.717, 1.165) is 12.0 Å². The number of carbonyl (C=O) groups is 1. The molecule has 26 heavy (non-hydrogen) atoms. The monoisotopic (exact) mass is 388 g/mol. The molecule has 0 aliphatic carbocycles. The normalized spacial score (nSPS) is 12.1. The summed E-state index contributed by atoms with van der Waals surface area (Å²) >= 11 is 0. The van der Waals surface area contributed by atoms with Gasteiger partial charge in [0.15, 0.2) is 18.1 Å². The van der Waals surface area contributed by atoms with Crippen LogP contribution in [0.25, 0.3) is 0 Å². The van der Waals surface area contributed by atoms with Gasteiger partial charge in [0.1, 0.15) is 0 Å². The van der Waals surface area contributed by atoms with Gasteiger partial charge in [-0.3, -0.25) is 4.79 Å². The molecule has 0 aromatic heterocycles. The van der Waals surface area contributed by atoms with Gasteiger partial charge in [0.25, 0.3) is 5.91 Å². The zero-order valence-corrected chi connectivity index (χ0v) is 17.2. The minimum absolute atomic E-state index is 0. The van der Waals surface area contributed by atoms with Crippen LogP contribution >= 0.6 is 12.4 Å². The molecule has 1 unspecified atom stereocenters. The smallest absolute Gasteiger partial charge is 0.258 e. The Morgan fingerprint density at radius 3 is 2.42 bits per heavy atom. The summed E-state index contributed by atoms with van der Waals surface area (Å²) in [5.74, 6) is 0.987. The van der Waals surface area contributed by atoms with Crippen molar-refractivity contribution in [3.8, 4) is 11.5 Å². The second kappa shape index (κ2) is 12.0. The number of hydrogen-bond acceptors (Lipinski definition) is 5. The lowest BCUT2D eigenvalue weighted by Gasteiger charge is -2.21. The Kier molecular flexibility index (Phi) is 11.3. The Morgan fingerprint density at radius 1 is 1.19 bits per heavy atom. The number of hydrogen-bond donors (Lipinski definition) is 3. The van der Waals surface area contributed by atoms with Crippen LogP contribution in [0.4, 0.5) is 0 Å². The highest BCUT2D eigenvalue weighted by atomic mass is 35.5. The van der Waals surface area contributed by atoms with Gasteiger partial charge in [-0.25, -0.2) is 0 Å². The molecule has 0 spiro atoms. The Morgan fingerprint density at radius 2 is 1.88 bits per heavy atom. The molecule has 0 heterocycles. The topological polar surface area (TPSA) is 79.8 Å². The number of aliphatic hydroxyl groups excluding tert-OH is 1. The maximum atomic E-state index is 11.9. The fraction of sp³-hybridized carbons (Fsp3) is 0.632. The third-order valence-corrected chi connectivity index (χ3v) is 3.49. The van der Waals surface area contributed by atoms with Crippen molar-refractivity contribution in [1.82, 2.24) is 10.6 Å². The van der Waals surface area contributed by atoms with Crippen LogP contribution in [0.15, 0.2) is 18.2 Å². The van der Waals surface area contributed by atoms with Gasteiger partial charge < -0.3 is 25.2 Å². The number of ether oxygens (including phenoxy) is 2. The van der Waals surface area contributed by atoms with Crippen LogP contribution in [-0.4, -0.2) is 42.4 Å². The molecule has 7 heteroatoms. The van der Waals surface area contributed by atoms with E-state index < -0.39 is 0 Å². The molecule has 3 N–H and O–H groups in total. The standard InChI is InChI=1S/C19H32N2O4.ClH/c1-6-15(12-22)20-11-14-8-9-16(17(10-14)24-7-2)25-13-18(23)21-19(3,4)5;/h8-10,15,20,22H,6-7,11-13H2,1-5H3,(H,21,23);1H. The molecule has 1 atom stereocenters. The van der Waals surface area contributed by atoms with Gasteiger partial charge in [0.05, 0.1) is 13.2 Å². The highest BCUT2D eigenvalue weighted by Gasteiger charge is 2.15. The molecule has 0 aliphatic rings. The number of carbonyl (C=O) groups excluding carboxylic acids is 1. The minimum atomic E-state index is -0.290. The zero-order chi connectivity index (χ0) is 18.9. The van der Waals surface area contributed by atoms with Gasteiger partial charge in [0, 0.05) is 18.1 Å². The fourth-order valence-corrected chi connectivity index (χ4v) is 2.25. The predicted octanol–water partition coefficient (Wildman–Crippen LogP) is 2.66. The maximum Gasteiger partial charge on any atom is 0.258 e. The summed E-state index contributed by atoms with van der Waals surface area (Å²) in [7, 11) is 0. The van der Waals surface area contributed by atoms with Gasteiger partial charge in [0.2, 0.25) is 0 Å². The van der Waals surface area contributed by atoms with E-state index in [1.165, 1.54) is 0 Å². The number of nitrogens with one attached hydrogen (secondary N) is 2. The molecule has 6 nitrogen and oxygen atoms in total. The SMILES string of the molecule is CCOc1cc(CNC(CC)CO)ccc1OCC(=O)NC(C)(C)C.Cl. The van der Waals surface area contributed by atoms with Crippen LogP contribution in [0, 0.1) is 0 Å². The largest absolute Gasteiger partial charge is 0.490 e. The van der Waals surface area contributed by atoms with Crippen LogP contribution in [0.1, 0.15) is 46.6 Å². The van der Waals surface area contributed by atoms with E-state index in [9.17, 15) is 9.90 Å². The number of rotatable bonds is 10. The first kappa shape index (κ1) is 24.5. The molecule has 1 aromatic carbocycles. The molecular weight excluding hydrogens is 356 g/mol. The molecule has 0 saturated carbocycles. The van der Waals surface area contributed by atoms with Crippen LogP contribution in [0.2, 0.25) is 0 Å². The number of aliphatic hydroxyl groups is 1. The lowest BCUT2D eigenvalue weighted by molar-refractivity contribution is -0.124. The summed E-state index contributed by atoms with van der Waals surface area (Å²) in [5, 5.41) is 15.4. The summed E-state index contributed by atoms with van der Waals surface area (Å²) in [6.45, 7) is 10.9. The first-order chi connectivity index (χ1) is 11.8. The molecule has 0 fully saturated rings. The Labute approximate surface area is 163 Å². The maximum absolute atomic E-state index is 11.9. The molecule has 1 amide bonds. The third-order valence-electron chi connectivity index (χ3n) is 3.49. The van der Waals surface area contributed by atoms with Crippen molar-refractivity contribution in [1.29, 1.82) is 0 Å². The summed E-state index contributed by atoms with van der Waals surface area (Å²) in [6.07, 6.45) is 0.860. The van der Waals surface area contributed by atoms with Crippen molar-refractivity contribution in [2.45, 2.75) is 59.2 Å². The number of amides is 1. The second-order valence-electron chi connectivity index (χ2n) is 6.97. The van der Waals surface area contributed by atoms with Crippen molar-refractivity contribution >= 4 is 18.3 Å². The van der Waals surface area contributed by atoms with Crippen LogP contribution in [-0.2, 0) is 11.3 Å². The third kappa shape index (κ3) is 9.27. The van der Waals surface area contributed by atoms with Crippen molar-refractivity contribution < 1.29 is 19.4 Å². The molecule has 0 bridgehead atoms. The van der Waals surface area contributed by atoms with E-state index in [1.54, 1.807) is 0 Å². The Bertz CT molecular complexity index is 543. The van der Waals surface area contributed by atoms with Crippen molar-refractivity contribution in [2.75, 3.05) is 19.8 Å². The highest BCUT2D eigenvalue weighted by molar-refractivity contribution is 5.85. The lowest BCUT2D eigenvalue weighted by atomic mass is 10.1. The highest BCUT2D eigenvalue weighted by Crippen LogP contribution is 2.28. The second-order valence-corrected chi connectivity index (χ2v) is 6.97. The van der Waals surface area contributed by atoms with Gasteiger partial charge >= 0.3 is 0 Å². The summed E-state index contributed by atoms with van der Waals surface area (Å²) in [6, 6.07) is 5.72. The molecular formula is C19H33ClN2O4. The van der Waals surface area contributed by atoms with Crippen molar-refractivity contribution in [2.24, 2.45) is 0 Å². The fourth-order valence-electron chi connectivity index (χ4n) is 2.25. The van der Waals surface area contributed by atoms with Gasteiger partial charge in [-0.2, -0.15) is 0 Å². The summed E-state index contributed by atoms with van der Waals surface area (Å²) in [4.78, 5) is 11.9. The Balaban J connectivity index is 0.00000625. The zero-order valence-electron chi connectivity index (χ0n) is 16.4. The van der Waals surface area contributed by atoms with Gasteiger partial charge in [-0.15, -0.1) is 12.4 Å².